The van der Waals surface area contributed by atoms with E-state index in [2.05, 4.69) is 15.9 Å². The molecule has 1 rings (SSSR count). The van der Waals surface area contributed by atoms with Gasteiger partial charge in [-0.1, -0.05) is 6.07 Å². The van der Waals surface area contributed by atoms with Gasteiger partial charge in [0, 0.05) is 6.61 Å². The van der Waals surface area contributed by atoms with E-state index in [4.69, 9.17) is 5.11 Å². The predicted molar refractivity (Wildman–Crippen MR) is 44.9 cm³/mol. The van der Waals surface area contributed by atoms with Crippen molar-refractivity contribution in [3.8, 4) is 0 Å². The van der Waals surface area contributed by atoms with E-state index in [1.807, 2.05) is 0 Å². The lowest BCUT2D eigenvalue weighted by molar-refractivity contribution is 0.299. The van der Waals surface area contributed by atoms with Gasteiger partial charge in [0.05, 0.1) is 4.47 Å². The standard InChI is InChI=1S/C8H8BrFO/c9-7-2-1-6(3-4-11)5-8(7)10/h1-2,5,11H,3-4H2. The Kier molecular flexibility index (Phi) is 3.02. The van der Waals surface area contributed by atoms with E-state index < -0.39 is 0 Å². The molecule has 11 heavy (non-hydrogen) atoms. The molecular formula is C8H8BrFO. The number of rotatable bonds is 2. The minimum atomic E-state index is -0.282. The largest absolute Gasteiger partial charge is 0.396 e. The van der Waals surface area contributed by atoms with Crippen LogP contribution in [0.1, 0.15) is 5.56 Å². The summed E-state index contributed by atoms with van der Waals surface area (Å²) in [6, 6.07) is 4.84. The molecule has 1 nitrogen and oxygen atoms in total. The Morgan fingerprint density at radius 3 is 2.73 bits per heavy atom. The molecule has 0 aliphatic carbocycles. The topological polar surface area (TPSA) is 20.2 Å². The van der Waals surface area contributed by atoms with Crippen LogP contribution in [0.3, 0.4) is 0 Å². The zero-order valence-electron chi connectivity index (χ0n) is 5.85. The third-order valence-corrected chi connectivity index (χ3v) is 2.03. The fourth-order valence-electron chi connectivity index (χ4n) is 0.824. The second kappa shape index (κ2) is 3.83. The molecule has 0 atom stereocenters. The van der Waals surface area contributed by atoms with Crippen LogP contribution in [0.4, 0.5) is 4.39 Å². The van der Waals surface area contributed by atoms with Crippen molar-refractivity contribution >= 4 is 15.9 Å². The minimum Gasteiger partial charge on any atom is -0.396 e. The van der Waals surface area contributed by atoms with Gasteiger partial charge in [-0.05, 0) is 40.0 Å². The van der Waals surface area contributed by atoms with Crippen LogP contribution in [0.5, 0.6) is 0 Å². The van der Waals surface area contributed by atoms with Crippen molar-refractivity contribution in [1.82, 2.24) is 0 Å². The summed E-state index contributed by atoms with van der Waals surface area (Å²) in [6.45, 7) is 0.0566. The van der Waals surface area contributed by atoms with Crippen LogP contribution in [0, 0.1) is 5.82 Å². The number of halogens is 2. The first-order valence-corrected chi connectivity index (χ1v) is 4.08. The highest BCUT2D eigenvalue weighted by atomic mass is 79.9. The highest BCUT2D eigenvalue weighted by molar-refractivity contribution is 9.10. The normalized spacial score (nSPS) is 10.1. The number of hydrogen-bond donors (Lipinski definition) is 1. The smallest absolute Gasteiger partial charge is 0.137 e. The van der Waals surface area contributed by atoms with Crippen LogP contribution in [-0.4, -0.2) is 11.7 Å². The molecule has 0 spiro atoms. The quantitative estimate of drug-likeness (QED) is 0.807. The molecule has 0 unspecified atom stereocenters. The van der Waals surface area contributed by atoms with Crippen molar-refractivity contribution in [3.63, 3.8) is 0 Å². The van der Waals surface area contributed by atoms with Gasteiger partial charge < -0.3 is 5.11 Å². The lowest BCUT2D eigenvalue weighted by Gasteiger charge is -1.98. The van der Waals surface area contributed by atoms with E-state index in [-0.39, 0.29) is 12.4 Å². The average Bonchev–Trinajstić information content (AvgIpc) is 1.98. The first-order chi connectivity index (χ1) is 5.24. The molecule has 1 aromatic carbocycles. The van der Waals surface area contributed by atoms with E-state index in [1.165, 1.54) is 6.07 Å². The Morgan fingerprint density at radius 1 is 1.45 bits per heavy atom. The molecule has 1 N–H and O–H groups in total. The second-order valence-corrected chi connectivity index (χ2v) is 3.08. The van der Waals surface area contributed by atoms with Gasteiger partial charge in [0.2, 0.25) is 0 Å². The summed E-state index contributed by atoms with van der Waals surface area (Å²) in [5.41, 5.74) is 0.813. The Bertz CT molecular complexity index is 250. The van der Waals surface area contributed by atoms with Crippen molar-refractivity contribution in [1.29, 1.82) is 0 Å². The summed E-state index contributed by atoms with van der Waals surface area (Å²) in [6.07, 6.45) is 0.504. The predicted octanol–water partition coefficient (Wildman–Crippen LogP) is 2.12. The molecule has 0 radical (unpaired) electrons. The van der Waals surface area contributed by atoms with Crippen molar-refractivity contribution in [2.75, 3.05) is 6.61 Å². The summed E-state index contributed by atoms with van der Waals surface area (Å²) in [5, 5.41) is 8.55. The van der Waals surface area contributed by atoms with Gasteiger partial charge in [0.1, 0.15) is 5.82 Å². The monoisotopic (exact) mass is 218 g/mol. The Labute approximate surface area is 73.0 Å². The van der Waals surface area contributed by atoms with Crippen LogP contribution >= 0.6 is 15.9 Å². The van der Waals surface area contributed by atoms with Crippen LogP contribution in [0.15, 0.2) is 22.7 Å². The second-order valence-electron chi connectivity index (χ2n) is 2.22. The van der Waals surface area contributed by atoms with E-state index in [0.29, 0.717) is 10.9 Å². The van der Waals surface area contributed by atoms with Crippen molar-refractivity contribution in [2.24, 2.45) is 0 Å². The molecule has 0 aliphatic heterocycles. The highest BCUT2D eigenvalue weighted by Crippen LogP contribution is 2.16. The van der Waals surface area contributed by atoms with Crippen LogP contribution in [0.2, 0.25) is 0 Å². The van der Waals surface area contributed by atoms with Crippen molar-refractivity contribution < 1.29 is 9.50 Å². The molecule has 0 heterocycles. The zero-order chi connectivity index (χ0) is 8.27. The van der Waals surface area contributed by atoms with E-state index in [1.54, 1.807) is 12.1 Å². The summed E-state index contributed by atoms with van der Waals surface area (Å²) < 4.78 is 13.2. The lowest BCUT2D eigenvalue weighted by Crippen LogP contribution is -1.91. The Morgan fingerprint density at radius 2 is 2.18 bits per heavy atom. The molecule has 60 valence electrons. The maximum Gasteiger partial charge on any atom is 0.137 e. The van der Waals surface area contributed by atoms with E-state index >= 15 is 0 Å². The number of aliphatic hydroxyl groups excluding tert-OH is 1. The fourth-order valence-corrected chi connectivity index (χ4v) is 1.07. The third-order valence-electron chi connectivity index (χ3n) is 1.38. The van der Waals surface area contributed by atoms with Gasteiger partial charge in [-0.15, -0.1) is 0 Å². The van der Waals surface area contributed by atoms with Crippen molar-refractivity contribution in [2.45, 2.75) is 6.42 Å². The average molecular weight is 219 g/mol. The van der Waals surface area contributed by atoms with Gasteiger partial charge in [-0.2, -0.15) is 0 Å². The first-order valence-electron chi connectivity index (χ1n) is 3.29. The summed E-state index contributed by atoms with van der Waals surface area (Å²) in [5.74, 6) is -0.282. The number of aliphatic hydroxyl groups is 1. The van der Waals surface area contributed by atoms with Gasteiger partial charge in [0.15, 0.2) is 0 Å². The minimum absolute atomic E-state index is 0.0566. The van der Waals surface area contributed by atoms with Gasteiger partial charge >= 0.3 is 0 Å². The molecule has 0 saturated heterocycles. The van der Waals surface area contributed by atoms with Crippen LogP contribution < -0.4 is 0 Å². The molecular weight excluding hydrogens is 211 g/mol. The third kappa shape index (κ3) is 2.27. The summed E-state index contributed by atoms with van der Waals surface area (Å²) in [4.78, 5) is 0. The van der Waals surface area contributed by atoms with Gasteiger partial charge in [-0.3, -0.25) is 0 Å². The van der Waals surface area contributed by atoms with E-state index in [0.717, 1.165) is 5.56 Å². The molecule has 0 bridgehead atoms. The van der Waals surface area contributed by atoms with Gasteiger partial charge in [-0.25, -0.2) is 4.39 Å². The number of hydrogen-bond acceptors (Lipinski definition) is 1. The highest BCUT2D eigenvalue weighted by Gasteiger charge is 1.98. The Balaban J connectivity index is 2.86. The molecule has 0 aliphatic rings. The zero-order valence-corrected chi connectivity index (χ0v) is 7.44. The molecule has 0 amide bonds. The number of benzene rings is 1. The lowest BCUT2D eigenvalue weighted by atomic mass is 10.2. The van der Waals surface area contributed by atoms with Crippen molar-refractivity contribution in [3.05, 3.63) is 34.1 Å². The molecule has 1 aromatic rings. The maximum atomic E-state index is 12.8. The summed E-state index contributed by atoms with van der Waals surface area (Å²) >= 11 is 3.04. The molecule has 3 heteroatoms. The fraction of sp³-hybridized carbons (Fsp3) is 0.250. The van der Waals surface area contributed by atoms with Crippen LogP contribution in [0.25, 0.3) is 0 Å². The van der Waals surface area contributed by atoms with E-state index in [9.17, 15) is 4.39 Å². The molecule has 0 saturated carbocycles. The summed E-state index contributed by atoms with van der Waals surface area (Å²) in [7, 11) is 0. The SMILES string of the molecule is OCCc1ccc(Br)c(F)c1. The molecule has 0 aromatic heterocycles. The Hall–Kier alpha value is -0.410. The van der Waals surface area contributed by atoms with Crippen LogP contribution in [-0.2, 0) is 6.42 Å². The first kappa shape index (κ1) is 8.68. The maximum absolute atomic E-state index is 12.8. The van der Waals surface area contributed by atoms with Gasteiger partial charge in [0.25, 0.3) is 0 Å². The molecule has 0 fully saturated rings.